The van der Waals surface area contributed by atoms with Gasteiger partial charge < -0.3 is 9.47 Å². The van der Waals surface area contributed by atoms with Gasteiger partial charge in [0.25, 0.3) is 0 Å². The fourth-order valence-corrected chi connectivity index (χ4v) is 2.82. The lowest BCUT2D eigenvalue weighted by molar-refractivity contribution is -0.140. The molecule has 0 bridgehead atoms. The third kappa shape index (κ3) is 7.28. The van der Waals surface area contributed by atoms with Crippen molar-refractivity contribution in [1.82, 2.24) is 4.98 Å². The predicted octanol–water partition coefficient (Wildman–Crippen LogP) is 4.39. The summed E-state index contributed by atoms with van der Waals surface area (Å²) < 4.78 is 9.71. The zero-order valence-corrected chi connectivity index (χ0v) is 15.6. The van der Waals surface area contributed by atoms with Crippen LogP contribution in [0.2, 0.25) is 10.2 Å². The number of aromatic nitrogens is 1. The molecule has 0 fully saturated rings. The first-order valence-corrected chi connectivity index (χ1v) is 8.42. The maximum Gasteiger partial charge on any atom is 0.413 e. The zero-order valence-electron chi connectivity index (χ0n) is 13.2. The molecule has 1 amide bonds. The van der Waals surface area contributed by atoms with Crippen molar-refractivity contribution in [3.05, 3.63) is 16.2 Å². The number of thioether (sulfide) groups is 1. The second-order valence-electron chi connectivity index (χ2n) is 5.41. The molecular formula is C14H18Cl2N2O4S. The van der Waals surface area contributed by atoms with E-state index in [1.54, 1.807) is 26.8 Å². The fourth-order valence-electron chi connectivity index (χ4n) is 1.40. The quantitative estimate of drug-likeness (QED) is 0.463. The molecule has 0 atom stereocenters. The van der Waals surface area contributed by atoms with Crippen molar-refractivity contribution in [2.75, 3.05) is 18.2 Å². The Morgan fingerprint density at radius 1 is 1.35 bits per heavy atom. The third-order valence-electron chi connectivity index (χ3n) is 2.30. The van der Waals surface area contributed by atoms with Crippen LogP contribution in [0.5, 0.6) is 0 Å². The van der Waals surface area contributed by atoms with Gasteiger partial charge in [-0.3, -0.25) is 10.1 Å². The van der Waals surface area contributed by atoms with Gasteiger partial charge in [0.1, 0.15) is 11.4 Å². The summed E-state index contributed by atoms with van der Waals surface area (Å²) in [4.78, 5) is 27.5. The number of nitrogens with zero attached hydrogens (tertiary/aromatic N) is 1. The number of hydrogen-bond donors (Lipinski definition) is 1. The molecule has 0 aromatic carbocycles. The second kappa shape index (κ2) is 8.61. The topological polar surface area (TPSA) is 77.5 Å². The van der Waals surface area contributed by atoms with Crippen LogP contribution in [0.3, 0.4) is 0 Å². The van der Waals surface area contributed by atoms with Gasteiger partial charge in [-0.2, -0.15) is 0 Å². The van der Waals surface area contributed by atoms with E-state index < -0.39 is 11.7 Å². The molecule has 0 spiro atoms. The number of amides is 1. The van der Waals surface area contributed by atoms with E-state index in [1.807, 2.05) is 0 Å². The van der Waals surface area contributed by atoms with Crippen LogP contribution < -0.4 is 5.32 Å². The van der Waals surface area contributed by atoms with Gasteiger partial charge in [0.2, 0.25) is 0 Å². The number of nitrogens with one attached hydrogen (secondary N) is 1. The summed E-state index contributed by atoms with van der Waals surface area (Å²) in [5.74, 6) is 0.355. The molecule has 1 aromatic rings. The summed E-state index contributed by atoms with van der Waals surface area (Å²) in [5.41, 5.74) is -0.627. The van der Waals surface area contributed by atoms with Crippen molar-refractivity contribution in [2.24, 2.45) is 0 Å². The van der Waals surface area contributed by atoms with Crippen molar-refractivity contribution in [3.63, 3.8) is 0 Å². The number of methoxy groups -OCH3 is 1. The van der Waals surface area contributed by atoms with Crippen molar-refractivity contribution >= 4 is 52.8 Å². The van der Waals surface area contributed by atoms with E-state index in [2.05, 4.69) is 15.0 Å². The molecule has 0 aliphatic rings. The van der Waals surface area contributed by atoms with Gasteiger partial charge in [0, 0.05) is 10.6 Å². The molecule has 1 aromatic heterocycles. The SMILES string of the molecule is COC(=O)CCSc1cc(NC(=O)OC(C)(C)C)nc(Cl)c1Cl. The number of halogens is 2. The molecule has 0 aliphatic heterocycles. The second-order valence-corrected chi connectivity index (χ2v) is 7.28. The van der Waals surface area contributed by atoms with Crippen molar-refractivity contribution in [2.45, 2.75) is 37.7 Å². The minimum absolute atomic E-state index is 0.0563. The largest absolute Gasteiger partial charge is 0.469 e. The van der Waals surface area contributed by atoms with E-state index in [4.69, 9.17) is 27.9 Å². The zero-order chi connectivity index (χ0) is 17.6. The van der Waals surface area contributed by atoms with Gasteiger partial charge >= 0.3 is 12.1 Å². The lowest BCUT2D eigenvalue weighted by atomic mass is 10.2. The van der Waals surface area contributed by atoms with Crippen molar-refractivity contribution < 1.29 is 19.1 Å². The first-order chi connectivity index (χ1) is 10.6. The minimum Gasteiger partial charge on any atom is -0.469 e. The highest BCUT2D eigenvalue weighted by molar-refractivity contribution is 7.99. The molecule has 9 heteroatoms. The standard InChI is InChI=1S/C14H18Cl2N2O4S/c1-14(2,3)22-13(20)18-9-7-8(11(15)12(16)17-9)23-6-5-10(19)21-4/h7H,5-6H2,1-4H3,(H,17,18,20). The van der Waals surface area contributed by atoms with Crippen LogP contribution >= 0.6 is 35.0 Å². The molecule has 0 saturated carbocycles. The molecule has 1 N–H and O–H groups in total. The number of esters is 1. The van der Waals surface area contributed by atoms with Crippen LogP contribution in [0.1, 0.15) is 27.2 Å². The highest BCUT2D eigenvalue weighted by Gasteiger charge is 2.18. The van der Waals surface area contributed by atoms with Gasteiger partial charge in [-0.25, -0.2) is 9.78 Å². The lowest BCUT2D eigenvalue weighted by Crippen LogP contribution is -2.27. The number of rotatable bonds is 5. The number of ether oxygens (including phenoxy) is 2. The Labute approximate surface area is 149 Å². The number of hydrogen-bond acceptors (Lipinski definition) is 6. The summed E-state index contributed by atoms with van der Waals surface area (Å²) in [6, 6.07) is 1.57. The Morgan fingerprint density at radius 3 is 2.57 bits per heavy atom. The molecule has 23 heavy (non-hydrogen) atoms. The number of anilines is 1. The Morgan fingerprint density at radius 2 is 2.00 bits per heavy atom. The molecule has 6 nitrogen and oxygen atoms in total. The third-order valence-corrected chi connectivity index (χ3v) is 4.21. The maximum absolute atomic E-state index is 11.8. The Balaban J connectivity index is 2.79. The summed E-state index contributed by atoms with van der Waals surface area (Å²) in [6.07, 6.45) is -0.416. The predicted molar refractivity (Wildman–Crippen MR) is 91.5 cm³/mol. The first kappa shape index (κ1) is 19.9. The van der Waals surface area contributed by atoms with Crippen LogP contribution in [0.25, 0.3) is 0 Å². The Bertz CT molecular complexity index is 591. The minimum atomic E-state index is -0.645. The highest BCUT2D eigenvalue weighted by atomic mass is 35.5. The lowest BCUT2D eigenvalue weighted by Gasteiger charge is -2.19. The van der Waals surface area contributed by atoms with E-state index in [9.17, 15) is 9.59 Å². The van der Waals surface area contributed by atoms with Crippen LogP contribution in [0.15, 0.2) is 11.0 Å². The normalized spacial score (nSPS) is 11.0. The average molecular weight is 381 g/mol. The Hall–Kier alpha value is -1.18. The van der Waals surface area contributed by atoms with E-state index in [-0.39, 0.29) is 28.4 Å². The smallest absolute Gasteiger partial charge is 0.413 e. The summed E-state index contributed by atoms with van der Waals surface area (Å²) in [6.45, 7) is 5.26. The van der Waals surface area contributed by atoms with Crippen molar-refractivity contribution in [1.29, 1.82) is 0 Å². The van der Waals surface area contributed by atoms with Gasteiger partial charge in [0.15, 0.2) is 5.15 Å². The molecule has 1 rings (SSSR count). The summed E-state index contributed by atoms with van der Waals surface area (Å²) in [5, 5.41) is 2.81. The summed E-state index contributed by atoms with van der Waals surface area (Å²) >= 11 is 13.4. The molecule has 128 valence electrons. The van der Waals surface area contributed by atoms with E-state index in [0.717, 1.165) is 0 Å². The molecule has 0 saturated heterocycles. The molecule has 0 unspecified atom stereocenters. The average Bonchev–Trinajstić information content (AvgIpc) is 2.41. The van der Waals surface area contributed by atoms with Gasteiger partial charge in [-0.05, 0) is 26.8 Å². The van der Waals surface area contributed by atoms with Crippen LogP contribution in [0, 0.1) is 0 Å². The van der Waals surface area contributed by atoms with Gasteiger partial charge in [-0.15, -0.1) is 11.8 Å². The monoisotopic (exact) mass is 380 g/mol. The number of pyridine rings is 1. The highest BCUT2D eigenvalue weighted by Crippen LogP contribution is 2.34. The molecule has 1 heterocycles. The van der Waals surface area contributed by atoms with Crippen LogP contribution in [0.4, 0.5) is 10.6 Å². The Kier molecular flexibility index (Phi) is 7.44. The van der Waals surface area contributed by atoms with Crippen molar-refractivity contribution in [3.8, 4) is 0 Å². The van der Waals surface area contributed by atoms with E-state index in [1.165, 1.54) is 18.9 Å². The number of carbonyl (C=O) groups is 2. The number of carbonyl (C=O) groups excluding carboxylic acids is 2. The van der Waals surface area contributed by atoms with Crippen LogP contribution in [-0.2, 0) is 14.3 Å². The van der Waals surface area contributed by atoms with Gasteiger partial charge in [-0.1, -0.05) is 23.2 Å². The maximum atomic E-state index is 11.8. The molecule has 0 radical (unpaired) electrons. The summed E-state index contributed by atoms with van der Waals surface area (Å²) in [7, 11) is 1.33. The van der Waals surface area contributed by atoms with Gasteiger partial charge in [0.05, 0.1) is 18.6 Å². The fraction of sp³-hybridized carbons (Fsp3) is 0.500. The van der Waals surface area contributed by atoms with Crippen LogP contribution in [-0.4, -0.2) is 35.5 Å². The molecule has 0 aliphatic carbocycles. The molecular weight excluding hydrogens is 363 g/mol. The van der Waals surface area contributed by atoms with E-state index in [0.29, 0.717) is 10.6 Å². The first-order valence-electron chi connectivity index (χ1n) is 6.68. The van der Waals surface area contributed by atoms with E-state index >= 15 is 0 Å².